The van der Waals surface area contributed by atoms with Crippen LogP contribution < -0.4 is 0 Å². The minimum atomic E-state index is -1.61. The van der Waals surface area contributed by atoms with Crippen molar-refractivity contribution in [2.24, 2.45) is 5.92 Å². The Labute approximate surface area is 73.7 Å². The first kappa shape index (κ1) is 11.4. The smallest absolute Gasteiger partial charge is 0.341 e. The fourth-order valence-corrected chi connectivity index (χ4v) is 0.561. The molecule has 0 aliphatic rings. The largest absolute Gasteiger partial charge is 0.463 e. The third-order valence-corrected chi connectivity index (χ3v) is 1.42. The van der Waals surface area contributed by atoms with Crippen molar-refractivity contribution in [3.05, 3.63) is 0 Å². The Morgan fingerprint density at radius 2 is 1.92 bits per heavy atom. The van der Waals surface area contributed by atoms with E-state index in [2.05, 4.69) is 0 Å². The summed E-state index contributed by atoms with van der Waals surface area (Å²) in [6.07, 6.45) is 0.807. The monoisotopic (exact) mass is 173 g/mol. The summed E-state index contributed by atoms with van der Waals surface area (Å²) < 4.78 is 4.77. The molecule has 3 heteroatoms. The van der Waals surface area contributed by atoms with Gasteiger partial charge in [0.15, 0.2) is 5.60 Å². The lowest BCUT2D eigenvalue weighted by atomic mass is 10.1. The van der Waals surface area contributed by atoms with Gasteiger partial charge in [-0.3, -0.25) is 0 Å². The Morgan fingerprint density at radius 3 is 2.25 bits per heavy atom. The quantitative estimate of drug-likeness (QED) is 0.608. The third kappa shape index (κ3) is 5.13. The minimum absolute atomic E-state index is 0.349. The highest BCUT2D eigenvalue weighted by molar-refractivity contribution is 5.77. The molecule has 0 saturated carbocycles. The molecular formula is C9H17O3. The molecule has 0 atom stereocenters. The summed E-state index contributed by atoms with van der Waals surface area (Å²) in [5, 5.41) is 11.0. The molecule has 0 aromatic rings. The molecule has 0 aliphatic carbocycles. The maximum Gasteiger partial charge on any atom is 0.341 e. The predicted octanol–water partition coefficient (Wildman–Crippen LogP) is 1.78. The minimum Gasteiger partial charge on any atom is -0.463 e. The van der Waals surface area contributed by atoms with Crippen molar-refractivity contribution in [3.8, 4) is 0 Å². The third-order valence-electron chi connectivity index (χ3n) is 1.42. The van der Waals surface area contributed by atoms with E-state index >= 15 is 0 Å². The van der Waals surface area contributed by atoms with Crippen LogP contribution >= 0.6 is 0 Å². The van der Waals surface area contributed by atoms with Gasteiger partial charge in [-0.25, -0.2) is 9.90 Å². The van der Waals surface area contributed by atoms with E-state index in [0.29, 0.717) is 12.5 Å². The lowest BCUT2D eigenvalue weighted by Gasteiger charge is -2.13. The first-order chi connectivity index (χ1) is 5.34. The van der Waals surface area contributed by atoms with Gasteiger partial charge < -0.3 is 4.74 Å². The highest BCUT2D eigenvalue weighted by atomic mass is 16.5. The molecule has 0 aromatic carbocycles. The highest BCUT2D eigenvalue weighted by Crippen LogP contribution is 2.06. The summed E-state index contributed by atoms with van der Waals surface area (Å²) in [4.78, 5) is 10.9. The number of hydrogen-bond donors (Lipinski definition) is 0. The van der Waals surface area contributed by atoms with Crippen molar-refractivity contribution in [3.63, 3.8) is 0 Å². The number of carbonyl (C=O) groups is 1. The highest BCUT2D eigenvalue weighted by Gasteiger charge is 2.27. The number of carbonyl (C=O) groups excluding carboxylic acids is 1. The van der Waals surface area contributed by atoms with Gasteiger partial charge in [0.25, 0.3) is 0 Å². The van der Waals surface area contributed by atoms with Crippen LogP contribution in [0.1, 0.15) is 34.1 Å². The van der Waals surface area contributed by atoms with Gasteiger partial charge in [0.05, 0.1) is 6.61 Å². The van der Waals surface area contributed by atoms with E-state index < -0.39 is 11.6 Å². The van der Waals surface area contributed by atoms with E-state index in [0.717, 1.165) is 6.42 Å². The Morgan fingerprint density at radius 1 is 1.42 bits per heavy atom. The molecule has 0 spiro atoms. The van der Waals surface area contributed by atoms with Crippen LogP contribution in [0.5, 0.6) is 0 Å². The Balaban J connectivity index is 3.59. The van der Waals surface area contributed by atoms with Gasteiger partial charge in [0, 0.05) is 0 Å². The zero-order chi connectivity index (χ0) is 9.78. The lowest BCUT2D eigenvalue weighted by Crippen LogP contribution is -2.32. The molecule has 0 fully saturated rings. The topological polar surface area (TPSA) is 46.2 Å². The van der Waals surface area contributed by atoms with E-state index in [4.69, 9.17) is 4.74 Å². The molecule has 0 saturated heterocycles. The molecule has 71 valence electrons. The summed E-state index contributed by atoms with van der Waals surface area (Å²) in [5.74, 6) is -0.171. The Bertz CT molecular complexity index is 144. The molecule has 1 radical (unpaired) electrons. The molecule has 0 heterocycles. The lowest BCUT2D eigenvalue weighted by molar-refractivity contribution is -0.168. The summed E-state index contributed by atoms with van der Waals surface area (Å²) in [6, 6.07) is 0. The number of rotatable bonds is 4. The second-order valence-corrected chi connectivity index (χ2v) is 3.83. The molecule has 0 aromatic heterocycles. The van der Waals surface area contributed by atoms with Crippen molar-refractivity contribution < 1.29 is 14.6 Å². The summed E-state index contributed by atoms with van der Waals surface area (Å²) in [5.41, 5.74) is -1.61. The maximum absolute atomic E-state index is 11.0. The predicted molar refractivity (Wildman–Crippen MR) is 45.2 cm³/mol. The van der Waals surface area contributed by atoms with E-state index in [1.54, 1.807) is 0 Å². The molecule has 0 amide bonds. The number of esters is 1. The zero-order valence-corrected chi connectivity index (χ0v) is 8.22. The van der Waals surface area contributed by atoms with E-state index in [1.165, 1.54) is 13.8 Å². The molecule has 0 aliphatic heterocycles. The van der Waals surface area contributed by atoms with Crippen LogP contribution in [0.15, 0.2) is 0 Å². The van der Waals surface area contributed by atoms with Crippen molar-refractivity contribution in [2.75, 3.05) is 6.61 Å². The summed E-state index contributed by atoms with van der Waals surface area (Å²) in [7, 11) is 0. The zero-order valence-electron chi connectivity index (χ0n) is 8.22. The average molecular weight is 173 g/mol. The van der Waals surface area contributed by atoms with Crippen molar-refractivity contribution in [1.29, 1.82) is 0 Å². The fraction of sp³-hybridized carbons (Fsp3) is 0.889. The molecule has 0 unspecified atom stereocenters. The normalized spacial score (nSPS) is 11.8. The second kappa shape index (κ2) is 4.45. The SMILES string of the molecule is CC(C)CCOC(=O)C(C)(C)[O]. The van der Waals surface area contributed by atoms with E-state index in [-0.39, 0.29) is 0 Å². The van der Waals surface area contributed by atoms with Gasteiger partial charge in [0.1, 0.15) is 0 Å². The van der Waals surface area contributed by atoms with Gasteiger partial charge in [-0.05, 0) is 26.2 Å². The molecule has 12 heavy (non-hydrogen) atoms. The maximum atomic E-state index is 11.0. The average Bonchev–Trinajstić information content (AvgIpc) is 1.84. The fourth-order valence-electron chi connectivity index (χ4n) is 0.561. The van der Waals surface area contributed by atoms with Crippen LogP contribution in [0.25, 0.3) is 0 Å². The standard InChI is InChI=1S/C9H17O3/c1-7(2)5-6-12-8(10)9(3,4)11/h7H,5-6H2,1-4H3. The summed E-state index contributed by atoms with van der Waals surface area (Å²) in [6.45, 7) is 7.05. The van der Waals surface area contributed by atoms with E-state index in [9.17, 15) is 9.90 Å². The van der Waals surface area contributed by atoms with Crippen LogP contribution in [-0.2, 0) is 14.6 Å². The second-order valence-electron chi connectivity index (χ2n) is 3.83. The Kier molecular flexibility index (Phi) is 4.24. The van der Waals surface area contributed by atoms with Gasteiger partial charge in [-0.1, -0.05) is 13.8 Å². The van der Waals surface area contributed by atoms with Crippen LogP contribution in [0.4, 0.5) is 0 Å². The first-order valence-electron chi connectivity index (χ1n) is 4.21. The van der Waals surface area contributed by atoms with Gasteiger partial charge in [-0.2, -0.15) is 0 Å². The molecular weight excluding hydrogens is 156 g/mol. The van der Waals surface area contributed by atoms with Crippen molar-refractivity contribution >= 4 is 5.97 Å². The van der Waals surface area contributed by atoms with E-state index in [1.807, 2.05) is 13.8 Å². The summed E-state index contributed by atoms with van der Waals surface area (Å²) >= 11 is 0. The van der Waals surface area contributed by atoms with Gasteiger partial charge in [0.2, 0.25) is 0 Å². The van der Waals surface area contributed by atoms with Crippen molar-refractivity contribution in [2.45, 2.75) is 39.7 Å². The molecule has 0 bridgehead atoms. The first-order valence-corrected chi connectivity index (χ1v) is 4.21. The molecule has 0 N–H and O–H groups in total. The van der Waals surface area contributed by atoms with Crippen LogP contribution in [0, 0.1) is 5.92 Å². The van der Waals surface area contributed by atoms with Gasteiger partial charge >= 0.3 is 5.97 Å². The van der Waals surface area contributed by atoms with Crippen LogP contribution in [0.2, 0.25) is 0 Å². The number of hydrogen-bond acceptors (Lipinski definition) is 2. The van der Waals surface area contributed by atoms with Crippen LogP contribution in [0.3, 0.4) is 0 Å². The van der Waals surface area contributed by atoms with Crippen LogP contribution in [-0.4, -0.2) is 18.2 Å². The number of ether oxygens (including phenoxy) is 1. The molecule has 0 rings (SSSR count). The van der Waals surface area contributed by atoms with Crippen molar-refractivity contribution in [1.82, 2.24) is 0 Å². The Hall–Kier alpha value is -0.570. The van der Waals surface area contributed by atoms with Gasteiger partial charge in [-0.15, -0.1) is 0 Å². The molecule has 3 nitrogen and oxygen atoms in total.